The van der Waals surface area contributed by atoms with E-state index in [0.29, 0.717) is 17.9 Å². The number of carbonyl (C=O) groups is 2. The fourth-order valence-corrected chi connectivity index (χ4v) is 5.10. The number of hydrogen-bond acceptors (Lipinski definition) is 4. The van der Waals surface area contributed by atoms with E-state index in [2.05, 4.69) is 44.3 Å². The van der Waals surface area contributed by atoms with Gasteiger partial charge in [-0.15, -0.1) is 11.8 Å². The fraction of sp³-hybridized carbons (Fsp3) is 0.308. The highest BCUT2D eigenvalue weighted by molar-refractivity contribution is 8.00. The van der Waals surface area contributed by atoms with Crippen molar-refractivity contribution in [2.45, 2.75) is 45.2 Å². The van der Waals surface area contributed by atoms with Gasteiger partial charge in [0.1, 0.15) is 11.1 Å². The molecule has 1 fully saturated rings. The quantitative estimate of drug-likeness (QED) is 0.515. The number of aryl methyl sites for hydroxylation is 2. The zero-order chi connectivity index (χ0) is 22.7. The van der Waals surface area contributed by atoms with Crippen LogP contribution in [0.2, 0.25) is 0 Å². The van der Waals surface area contributed by atoms with Crippen LogP contribution in [0.5, 0.6) is 0 Å². The van der Waals surface area contributed by atoms with Crippen LogP contribution in [0.15, 0.2) is 65.3 Å². The average molecular weight is 449 g/mol. The smallest absolute Gasteiger partial charge is 0.251 e. The van der Waals surface area contributed by atoms with E-state index in [-0.39, 0.29) is 23.2 Å². The highest BCUT2D eigenvalue weighted by Gasteiger charge is 2.33. The molecule has 2 aromatic carbocycles. The molecule has 3 aromatic rings. The normalized spacial score (nSPS) is 16.9. The maximum Gasteiger partial charge on any atom is 0.251 e. The van der Waals surface area contributed by atoms with E-state index in [1.807, 2.05) is 41.3 Å². The van der Waals surface area contributed by atoms with Crippen LogP contribution in [0.25, 0.3) is 0 Å². The Labute approximate surface area is 193 Å². The summed E-state index contributed by atoms with van der Waals surface area (Å²) in [7, 11) is 0. The van der Waals surface area contributed by atoms with Crippen LogP contribution in [0, 0.1) is 13.8 Å². The molecule has 166 valence electrons. The Morgan fingerprint density at radius 2 is 1.94 bits per heavy atom. The maximum atomic E-state index is 12.9. The Morgan fingerprint density at radius 1 is 1.16 bits per heavy atom. The van der Waals surface area contributed by atoms with Gasteiger partial charge in [0.25, 0.3) is 5.91 Å². The highest BCUT2D eigenvalue weighted by atomic mass is 32.2. The van der Waals surface area contributed by atoms with Gasteiger partial charge in [-0.25, -0.2) is 0 Å². The van der Waals surface area contributed by atoms with E-state index in [0.717, 1.165) is 23.3 Å². The second kappa shape index (κ2) is 9.65. The topological polar surface area (TPSA) is 62.6 Å². The zero-order valence-corrected chi connectivity index (χ0v) is 19.4. The van der Waals surface area contributed by atoms with Crippen molar-refractivity contribution in [3.63, 3.8) is 0 Å². The number of nitrogens with one attached hydrogen (secondary N) is 1. The van der Waals surface area contributed by atoms with Gasteiger partial charge >= 0.3 is 0 Å². The lowest BCUT2D eigenvalue weighted by Gasteiger charge is -2.23. The lowest BCUT2D eigenvalue weighted by molar-refractivity contribution is -0.128. The van der Waals surface area contributed by atoms with Gasteiger partial charge in [0.15, 0.2) is 0 Å². The first-order chi connectivity index (χ1) is 15.5. The van der Waals surface area contributed by atoms with E-state index in [1.165, 1.54) is 11.1 Å². The van der Waals surface area contributed by atoms with Gasteiger partial charge in [0, 0.05) is 5.56 Å². The molecule has 1 aromatic heterocycles. The molecule has 6 heteroatoms. The fourth-order valence-electron chi connectivity index (χ4n) is 3.91. The zero-order valence-electron chi connectivity index (χ0n) is 18.6. The summed E-state index contributed by atoms with van der Waals surface area (Å²) in [6.07, 6.45) is 2.43. The van der Waals surface area contributed by atoms with E-state index in [4.69, 9.17) is 4.42 Å². The maximum absolute atomic E-state index is 12.9. The van der Waals surface area contributed by atoms with Crippen molar-refractivity contribution in [3.8, 4) is 0 Å². The van der Waals surface area contributed by atoms with Crippen LogP contribution in [-0.4, -0.2) is 22.5 Å². The van der Waals surface area contributed by atoms with Crippen molar-refractivity contribution < 1.29 is 14.0 Å². The summed E-state index contributed by atoms with van der Waals surface area (Å²) in [5.41, 5.74) is 5.21. The Bertz CT molecular complexity index is 1090. The summed E-state index contributed by atoms with van der Waals surface area (Å²) in [5, 5.41) is 3.08. The van der Waals surface area contributed by atoms with Gasteiger partial charge in [-0.2, -0.15) is 0 Å². The summed E-state index contributed by atoms with van der Waals surface area (Å²) in [5.74, 6) is 1.21. The van der Waals surface area contributed by atoms with Crippen LogP contribution in [0.3, 0.4) is 0 Å². The summed E-state index contributed by atoms with van der Waals surface area (Å²) in [6, 6.07) is 17.6. The van der Waals surface area contributed by atoms with Crippen molar-refractivity contribution in [2.24, 2.45) is 0 Å². The first-order valence-corrected chi connectivity index (χ1v) is 11.9. The predicted octanol–water partition coefficient (Wildman–Crippen LogP) is 5.55. The monoisotopic (exact) mass is 448 g/mol. The van der Waals surface area contributed by atoms with Crippen molar-refractivity contribution in [2.75, 3.05) is 5.75 Å². The lowest BCUT2D eigenvalue weighted by atomic mass is 9.99. The SMILES string of the molecule is CC[C@H](NC(=O)c1ccc([C@H]2SCC(=O)N2Cc2ccco2)cc1)c1ccc(C)c(C)c1. The molecule has 0 unspecified atom stereocenters. The van der Waals surface area contributed by atoms with Gasteiger partial charge < -0.3 is 14.6 Å². The van der Waals surface area contributed by atoms with E-state index in [9.17, 15) is 9.59 Å². The standard InChI is InChI=1S/C26H28N2O3S/c1-4-23(21-8-7-17(2)18(3)14-21)27-25(30)19-9-11-20(12-10-19)26-28(24(29)16-32-26)15-22-6-5-13-31-22/h5-14,23,26H,4,15-16H2,1-3H3,(H,27,30)/t23-,26+/m0/s1. The van der Waals surface area contributed by atoms with Crippen molar-refractivity contribution in [1.29, 1.82) is 0 Å². The van der Waals surface area contributed by atoms with E-state index in [1.54, 1.807) is 18.0 Å². The molecule has 2 amide bonds. The summed E-state index contributed by atoms with van der Waals surface area (Å²) in [6.45, 7) is 6.70. The van der Waals surface area contributed by atoms with Crippen LogP contribution >= 0.6 is 11.8 Å². The number of rotatable bonds is 7. The third-order valence-corrected chi connectivity index (χ3v) is 7.24. The van der Waals surface area contributed by atoms with E-state index >= 15 is 0 Å². The van der Waals surface area contributed by atoms with Crippen molar-refractivity contribution in [1.82, 2.24) is 10.2 Å². The van der Waals surface area contributed by atoms with Crippen LogP contribution in [-0.2, 0) is 11.3 Å². The molecule has 1 aliphatic rings. The molecule has 0 bridgehead atoms. The number of furan rings is 1. The minimum atomic E-state index is -0.0933. The molecule has 1 aliphatic heterocycles. The molecular formula is C26H28N2O3S. The van der Waals surface area contributed by atoms with Crippen LogP contribution < -0.4 is 5.32 Å². The molecule has 0 saturated carbocycles. The molecular weight excluding hydrogens is 420 g/mol. The van der Waals surface area contributed by atoms with Gasteiger partial charge in [0.2, 0.25) is 5.91 Å². The van der Waals surface area contributed by atoms with Crippen molar-refractivity contribution >= 4 is 23.6 Å². The molecule has 0 aliphatic carbocycles. The number of nitrogens with zero attached hydrogens (tertiary/aromatic N) is 1. The third-order valence-electron chi connectivity index (χ3n) is 5.98. The Morgan fingerprint density at radius 3 is 2.59 bits per heavy atom. The number of amides is 2. The first kappa shape index (κ1) is 22.2. The molecule has 32 heavy (non-hydrogen) atoms. The number of carbonyl (C=O) groups excluding carboxylic acids is 2. The molecule has 0 spiro atoms. The molecule has 5 nitrogen and oxygen atoms in total. The third kappa shape index (κ3) is 4.75. The Kier molecular flexibility index (Phi) is 6.70. The second-order valence-electron chi connectivity index (χ2n) is 8.16. The van der Waals surface area contributed by atoms with E-state index < -0.39 is 0 Å². The first-order valence-electron chi connectivity index (χ1n) is 10.9. The molecule has 0 radical (unpaired) electrons. The number of thioether (sulfide) groups is 1. The largest absolute Gasteiger partial charge is 0.467 e. The highest BCUT2D eigenvalue weighted by Crippen LogP contribution is 2.39. The molecule has 1 saturated heterocycles. The average Bonchev–Trinajstić information content (AvgIpc) is 3.44. The van der Waals surface area contributed by atoms with Crippen molar-refractivity contribution in [3.05, 3.63) is 94.4 Å². The lowest BCUT2D eigenvalue weighted by Crippen LogP contribution is -2.29. The minimum absolute atomic E-state index is 0.0340. The van der Waals surface area contributed by atoms with Gasteiger partial charge in [-0.3, -0.25) is 9.59 Å². The molecule has 4 rings (SSSR count). The molecule has 2 heterocycles. The number of benzene rings is 2. The molecule has 2 atom stereocenters. The van der Waals surface area contributed by atoms with Crippen LogP contribution in [0.4, 0.5) is 0 Å². The second-order valence-corrected chi connectivity index (χ2v) is 9.23. The summed E-state index contributed by atoms with van der Waals surface area (Å²) < 4.78 is 5.42. The number of hydrogen-bond donors (Lipinski definition) is 1. The molecule has 1 N–H and O–H groups in total. The minimum Gasteiger partial charge on any atom is -0.467 e. The van der Waals surface area contributed by atoms with Gasteiger partial charge in [-0.1, -0.05) is 37.3 Å². The summed E-state index contributed by atoms with van der Waals surface area (Å²) >= 11 is 1.60. The predicted molar refractivity (Wildman–Crippen MR) is 127 cm³/mol. The van der Waals surface area contributed by atoms with Gasteiger partial charge in [-0.05, 0) is 66.8 Å². The van der Waals surface area contributed by atoms with Gasteiger partial charge in [0.05, 0.1) is 24.6 Å². The Balaban J connectivity index is 1.46. The Hall–Kier alpha value is -2.99. The van der Waals surface area contributed by atoms with Crippen LogP contribution in [0.1, 0.15) is 63.1 Å². The summed E-state index contributed by atoms with van der Waals surface area (Å²) in [4.78, 5) is 27.1.